The molecule has 1 aliphatic heterocycles. The van der Waals surface area contributed by atoms with Crippen LogP contribution in [0.1, 0.15) is 38.3 Å². The molecule has 1 aromatic carbocycles. The van der Waals surface area contributed by atoms with Crippen LogP contribution in [-0.2, 0) is 4.79 Å². The van der Waals surface area contributed by atoms with E-state index in [2.05, 4.69) is 19.2 Å². The van der Waals surface area contributed by atoms with Crippen LogP contribution < -0.4 is 20.5 Å². The van der Waals surface area contributed by atoms with E-state index in [0.29, 0.717) is 5.75 Å². The quantitative estimate of drug-likeness (QED) is 0.860. The minimum atomic E-state index is -0.365. The molecular formula is C15H22N2O3. The largest absolute Gasteiger partial charge is 0.493 e. The van der Waals surface area contributed by atoms with Crippen molar-refractivity contribution in [3.05, 3.63) is 23.8 Å². The van der Waals surface area contributed by atoms with Crippen LogP contribution in [0.5, 0.6) is 11.5 Å². The second-order valence-electron chi connectivity index (χ2n) is 5.67. The summed E-state index contributed by atoms with van der Waals surface area (Å²) < 4.78 is 11.5. The molecule has 3 N–H and O–H groups in total. The number of hydrogen-bond acceptors (Lipinski definition) is 4. The molecule has 5 nitrogen and oxygen atoms in total. The number of nitrogens with one attached hydrogen (secondary N) is 1. The van der Waals surface area contributed by atoms with Gasteiger partial charge >= 0.3 is 0 Å². The lowest BCUT2D eigenvalue weighted by molar-refractivity contribution is -0.118. The van der Waals surface area contributed by atoms with Crippen molar-refractivity contribution in [2.75, 3.05) is 13.7 Å². The lowest BCUT2D eigenvalue weighted by Crippen LogP contribution is -2.38. The standard InChI is InChI=1S/C15H22N2O3/c1-15(2)9-12(17-3)11-5-4-10(8-13(11)20-15)19-7-6-14(16)18/h4-5,8,12,17H,6-7,9H2,1-3H3,(H2,16,18). The Labute approximate surface area is 119 Å². The first-order valence-electron chi connectivity index (χ1n) is 6.82. The highest BCUT2D eigenvalue weighted by Gasteiger charge is 2.33. The van der Waals surface area contributed by atoms with Crippen molar-refractivity contribution >= 4 is 5.91 Å². The third-order valence-electron chi connectivity index (χ3n) is 3.41. The molecule has 110 valence electrons. The summed E-state index contributed by atoms with van der Waals surface area (Å²) in [6, 6.07) is 6.05. The number of nitrogens with two attached hydrogens (primary N) is 1. The van der Waals surface area contributed by atoms with Gasteiger partial charge in [-0.3, -0.25) is 4.79 Å². The molecule has 1 atom stereocenters. The van der Waals surface area contributed by atoms with Gasteiger partial charge in [0.25, 0.3) is 0 Å². The molecule has 1 heterocycles. The molecule has 1 aliphatic rings. The SMILES string of the molecule is CNC1CC(C)(C)Oc2cc(OCCC(N)=O)ccc21. The summed E-state index contributed by atoms with van der Waals surface area (Å²) in [4.78, 5) is 10.7. The Morgan fingerprint density at radius 3 is 2.95 bits per heavy atom. The maximum Gasteiger partial charge on any atom is 0.220 e. The van der Waals surface area contributed by atoms with E-state index in [1.165, 1.54) is 0 Å². The summed E-state index contributed by atoms with van der Waals surface area (Å²) in [5.74, 6) is 1.16. The van der Waals surface area contributed by atoms with Gasteiger partial charge in [-0.15, -0.1) is 0 Å². The highest BCUT2D eigenvalue weighted by atomic mass is 16.5. The Balaban J connectivity index is 2.15. The smallest absolute Gasteiger partial charge is 0.220 e. The van der Waals surface area contributed by atoms with Crippen LogP contribution in [0.4, 0.5) is 0 Å². The molecule has 1 unspecified atom stereocenters. The fourth-order valence-electron chi connectivity index (χ4n) is 2.45. The molecule has 0 aliphatic carbocycles. The van der Waals surface area contributed by atoms with Crippen LogP contribution in [0.2, 0.25) is 0 Å². The Bertz CT molecular complexity index is 500. The van der Waals surface area contributed by atoms with Crippen LogP contribution in [0.25, 0.3) is 0 Å². The minimum absolute atomic E-state index is 0.211. The molecule has 1 aromatic rings. The average Bonchev–Trinajstić information content (AvgIpc) is 2.35. The van der Waals surface area contributed by atoms with Gasteiger partial charge in [-0.05, 0) is 27.0 Å². The van der Waals surface area contributed by atoms with E-state index in [1.54, 1.807) is 0 Å². The van der Waals surface area contributed by atoms with Gasteiger partial charge in [0.15, 0.2) is 0 Å². The molecule has 0 saturated carbocycles. The number of carbonyl (C=O) groups is 1. The van der Waals surface area contributed by atoms with E-state index in [9.17, 15) is 4.79 Å². The highest BCUT2D eigenvalue weighted by molar-refractivity contribution is 5.73. The van der Waals surface area contributed by atoms with Crippen molar-refractivity contribution in [3.8, 4) is 11.5 Å². The van der Waals surface area contributed by atoms with Gasteiger partial charge in [0.2, 0.25) is 5.91 Å². The Morgan fingerprint density at radius 1 is 1.55 bits per heavy atom. The van der Waals surface area contributed by atoms with E-state index in [1.807, 2.05) is 25.2 Å². The van der Waals surface area contributed by atoms with Gasteiger partial charge in [0, 0.05) is 24.1 Å². The van der Waals surface area contributed by atoms with Crippen molar-refractivity contribution in [3.63, 3.8) is 0 Å². The number of rotatable bonds is 5. The van der Waals surface area contributed by atoms with Gasteiger partial charge in [-0.25, -0.2) is 0 Å². The van der Waals surface area contributed by atoms with Crippen molar-refractivity contribution < 1.29 is 14.3 Å². The number of primary amides is 1. The summed E-state index contributed by atoms with van der Waals surface area (Å²) in [6.45, 7) is 4.43. The normalized spacial score (nSPS) is 19.9. The Kier molecular flexibility index (Phi) is 4.18. The van der Waals surface area contributed by atoms with Gasteiger partial charge < -0.3 is 20.5 Å². The van der Waals surface area contributed by atoms with Crippen LogP contribution in [0.15, 0.2) is 18.2 Å². The Morgan fingerprint density at radius 2 is 2.30 bits per heavy atom. The molecule has 0 saturated heterocycles. The summed E-state index contributed by atoms with van der Waals surface area (Å²) >= 11 is 0. The number of benzene rings is 1. The van der Waals surface area contributed by atoms with Crippen LogP contribution in [0.3, 0.4) is 0 Å². The average molecular weight is 278 g/mol. The molecule has 5 heteroatoms. The third-order valence-corrected chi connectivity index (χ3v) is 3.41. The summed E-state index contributed by atoms with van der Waals surface area (Å²) in [5.41, 5.74) is 6.00. The van der Waals surface area contributed by atoms with E-state index in [4.69, 9.17) is 15.2 Å². The summed E-state index contributed by atoms with van der Waals surface area (Å²) in [5, 5.41) is 3.31. The lowest BCUT2D eigenvalue weighted by Gasteiger charge is -2.37. The molecule has 1 amide bonds. The van der Waals surface area contributed by atoms with Gasteiger partial charge in [0.1, 0.15) is 17.1 Å². The number of fused-ring (bicyclic) bond motifs is 1. The number of amides is 1. The molecule has 20 heavy (non-hydrogen) atoms. The van der Waals surface area contributed by atoms with Crippen molar-refractivity contribution in [1.29, 1.82) is 0 Å². The number of ether oxygens (including phenoxy) is 2. The maximum atomic E-state index is 10.7. The van der Waals surface area contributed by atoms with E-state index < -0.39 is 0 Å². The lowest BCUT2D eigenvalue weighted by atomic mass is 9.90. The molecular weight excluding hydrogens is 256 g/mol. The van der Waals surface area contributed by atoms with Crippen LogP contribution >= 0.6 is 0 Å². The molecule has 0 bridgehead atoms. The van der Waals surface area contributed by atoms with Crippen molar-refractivity contribution in [2.45, 2.75) is 38.3 Å². The van der Waals surface area contributed by atoms with Gasteiger partial charge in [-0.2, -0.15) is 0 Å². The molecule has 0 fully saturated rings. The zero-order valence-corrected chi connectivity index (χ0v) is 12.2. The first-order valence-corrected chi connectivity index (χ1v) is 6.82. The number of carbonyl (C=O) groups excluding carboxylic acids is 1. The first-order chi connectivity index (χ1) is 9.41. The van der Waals surface area contributed by atoms with E-state index in [0.717, 1.165) is 17.7 Å². The first kappa shape index (κ1) is 14.7. The Hall–Kier alpha value is -1.75. The van der Waals surface area contributed by atoms with Gasteiger partial charge in [-0.1, -0.05) is 6.07 Å². The highest BCUT2D eigenvalue weighted by Crippen LogP contribution is 2.40. The molecule has 0 radical (unpaired) electrons. The van der Waals surface area contributed by atoms with Crippen molar-refractivity contribution in [1.82, 2.24) is 5.32 Å². The number of hydrogen-bond donors (Lipinski definition) is 2. The summed E-state index contributed by atoms with van der Waals surface area (Å²) in [7, 11) is 1.95. The van der Waals surface area contributed by atoms with E-state index in [-0.39, 0.29) is 30.6 Å². The molecule has 0 spiro atoms. The van der Waals surface area contributed by atoms with Crippen LogP contribution in [-0.4, -0.2) is 25.2 Å². The van der Waals surface area contributed by atoms with Crippen LogP contribution in [0, 0.1) is 0 Å². The fraction of sp³-hybridized carbons (Fsp3) is 0.533. The topological polar surface area (TPSA) is 73.6 Å². The maximum absolute atomic E-state index is 10.7. The zero-order chi connectivity index (χ0) is 14.8. The van der Waals surface area contributed by atoms with E-state index >= 15 is 0 Å². The zero-order valence-electron chi connectivity index (χ0n) is 12.2. The minimum Gasteiger partial charge on any atom is -0.493 e. The third kappa shape index (κ3) is 3.42. The van der Waals surface area contributed by atoms with Crippen molar-refractivity contribution in [2.24, 2.45) is 5.73 Å². The predicted octanol–water partition coefficient (Wildman–Crippen LogP) is 1.76. The molecule has 2 rings (SSSR count). The summed E-state index contributed by atoms with van der Waals surface area (Å²) in [6.07, 6.45) is 1.13. The fourth-order valence-corrected chi connectivity index (χ4v) is 2.45. The second kappa shape index (κ2) is 5.71. The van der Waals surface area contributed by atoms with Gasteiger partial charge in [0.05, 0.1) is 13.0 Å². The predicted molar refractivity (Wildman–Crippen MR) is 76.9 cm³/mol. The molecule has 0 aromatic heterocycles. The second-order valence-corrected chi connectivity index (χ2v) is 5.67. The monoisotopic (exact) mass is 278 g/mol.